The van der Waals surface area contributed by atoms with Gasteiger partial charge in [0.05, 0.1) is 18.8 Å². The average molecular weight is 361 g/mol. The number of nitrogens with one attached hydrogen (secondary N) is 2. The van der Waals surface area contributed by atoms with Crippen LogP contribution in [0.2, 0.25) is 0 Å². The van der Waals surface area contributed by atoms with Gasteiger partial charge < -0.3 is 20.3 Å². The monoisotopic (exact) mass is 361 g/mol. The largest absolute Gasteiger partial charge is 0.477 e. The van der Waals surface area contributed by atoms with Gasteiger partial charge in [0, 0.05) is 7.05 Å². The number of anilines is 2. The molecular formula is C18H17F2N3O3. The Morgan fingerprint density at radius 1 is 1.15 bits per heavy atom. The van der Waals surface area contributed by atoms with Crippen molar-refractivity contribution in [3.8, 4) is 5.75 Å². The van der Waals surface area contributed by atoms with Crippen molar-refractivity contribution < 1.29 is 23.1 Å². The lowest BCUT2D eigenvalue weighted by Crippen LogP contribution is -2.50. The van der Waals surface area contributed by atoms with Crippen LogP contribution in [0.3, 0.4) is 0 Å². The number of carbonyl (C=O) groups is 2. The second kappa shape index (κ2) is 7.38. The van der Waals surface area contributed by atoms with Crippen molar-refractivity contribution in [1.82, 2.24) is 5.32 Å². The summed E-state index contributed by atoms with van der Waals surface area (Å²) in [5.74, 6) is -2.20. The molecule has 0 fully saturated rings. The Morgan fingerprint density at radius 2 is 1.85 bits per heavy atom. The van der Waals surface area contributed by atoms with Crippen molar-refractivity contribution in [2.45, 2.75) is 6.10 Å². The number of halogens is 2. The molecule has 1 heterocycles. The van der Waals surface area contributed by atoms with Gasteiger partial charge in [-0.15, -0.1) is 0 Å². The summed E-state index contributed by atoms with van der Waals surface area (Å²) in [5.41, 5.74) is 0.124. The SMILES string of the molecule is CNC(=O)[C@@H]1CN(CC(=O)Nc2c(F)cccc2F)c2ccccc2O1. The van der Waals surface area contributed by atoms with E-state index in [4.69, 9.17) is 4.74 Å². The topological polar surface area (TPSA) is 70.7 Å². The molecule has 0 saturated heterocycles. The normalized spacial score (nSPS) is 15.7. The van der Waals surface area contributed by atoms with Crippen molar-refractivity contribution >= 4 is 23.2 Å². The summed E-state index contributed by atoms with van der Waals surface area (Å²) < 4.78 is 33.0. The van der Waals surface area contributed by atoms with E-state index in [-0.39, 0.29) is 19.0 Å². The number of likely N-dealkylation sites (N-methyl/N-ethyl adjacent to an activating group) is 1. The Morgan fingerprint density at radius 3 is 2.54 bits per heavy atom. The molecule has 1 atom stereocenters. The van der Waals surface area contributed by atoms with Gasteiger partial charge in [0.2, 0.25) is 5.91 Å². The first-order valence-electron chi connectivity index (χ1n) is 7.95. The van der Waals surface area contributed by atoms with Gasteiger partial charge in [-0.2, -0.15) is 0 Å². The van der Waals surface area contributed by atoms with Crippen LogP contribution in [0.5, 0.6) is 5.75 Å². The molecule has 1 aliphatic rings. The summed E-state index contributed by atoms with van der Waals surface area (Å²) in [4.78, 5) is 25.9. The Balaban J connectivity index is 1.79. The van der Waals surface area contributed by atoms with Gasteiger partial charge in [-0.05, 0) is 24.3 Å². The molecule has 2 aromatic carbocycles. The quantitative estimate of drug-likeness (QED) is 0.873. The molecule has 2 aromatic rings. The molecule has 2 N–H and O–H groups in total. The molecule has 3 rings (SSSR count). The first-order chi connectivity index (χ1) is 12.5. The van der Waals surface area contributed by atoms with E-state index in [9.17, 15) is 18.4 Å². The van der Waals surface area contributed by atoms with Crippen LogP contribution in [0.15, 0.2) is 42.5 Å². The molecule has 26 heavy (non-hydrogen) atoms. The van der Waals surface area contributed by atoms with Crippen LogP contribution in [0.1, 0.15) is 0 Å². The van der Waals surface area contributed by atoms with E-state index in [0.29, 0.717) is 11.4 Å². The number of hydrogen-bond acceptors (Lipinski definition) is 4. The summed E-state index contributed by atoms with van der Waals surface area (Å²) >= 11 is 0. The van der Waals surface area contributed by atoms with Gasteiger partial charge >= 0.3 is 0 Å². The lowest BCUT2D eigenvalue weighted by atomic mass is 10.1. The molecule has 136 valence electrons. The number of nitrogens with zero attached hydrogens (tertiary/aromatic N) is 1. The van der Waals surface area contributed by atoms with E-state index < -0.39 is 29.3 Å². The molecule has 2 amide bonds. The maximum atomic E-state index is 13.7. The number of amides is 2. The highest BCUT2D eigenvalue weighted by Crippen LogP contribution is 2.33. The summed E-state index contributed by atoms with van der Waals surface area (Å²) in [6, 6.07) is 10.3. The number of rotatable bonds is 4. The molecule has 0 aromatic heterocycles. The highest BCUT2D eigenvalue weighted by atomic mass is 19.1. The predicted octanol–water partition coefficient (Wildman–Crippen LogP) is 1.92. The molecule has 0 saturated carbocycles. The van der Waals surface area contributed by atoms with Gasteiger partial charge in [-0.3, -0.25) is 9.59 Å². The molecule has 1 aliphatic heterocycles. The van der Waals surface area contributed by atoms with Crippen LogP contribution in [0.25, 0.3) is 0 Å². The van der Waals surface area contributed by atoms with E-state index in [1.165, 1.54) is 13.1 Å². The Kier molecular flexibility index (Phi) is 5.01. The molecule has 0 unspecified atom stereocenters. The van der Waals surface area contributed by atoms with E-state index in [1.54, 1.807) is 29.2 Å². The van der Waals surface area contributed by atoms with Crippen LogP contribution >= 0.6 is 0 Å². The van der Waals surface area contributed by atoms with Gasteiger partial charge in [-0.25, -0.2) is 8.78 Å². The maximum Gasteiger partial charge on any atom is 0.262 e. The first-order valence-corrected chi connectivity index (χ1v) is 7.95. The van der Waals surface area contributed by atoms with Crippen LogP contribution in [0.4, 0.5) is 20.2 Å². The molecule has 0 radical (unpaired) electrons. The lowest BCUT2D eigenvalue weighted by Gasteiger charge is -2.35. The van der Waals surface area contributed by atoms with E-state index in [2.05, 4.69) is 10.6 Å². The highest BCUT2D eigenvalue weighted by molar-refractivity contribution is 5.95. The second-order valence-corrected chi connectivity index (χ2v) is 5.71. The average Bonchev–Trinajstić information content (AvgIpc) is 2.64. The zero-order valence-corrected chi connectivity index (χ0v) is 14.0. The van der Waals surface area contributed by atoms with Gasteiger partial charge in [0.25, 0.3) is 5.91 Å². The molecule has 0 aliphatic carbocycles. The van der Waals surface area contributed by atoms with Crippen molar-refractivity contribution in [1.29, 1.82) is 0 Å². The van der Waals surface area contributed by atoms with Crippen molar-refractivity contribution in [2.24, 2.45) is 0 Å². The van der Waals surface area contributed by atoms with Gasteiger partial charge in [-0.1, -0.05) is 18.2 Å². The number of carbonyl (C=O) groups excluding carboxylic acids is 2. The third-order valence-electron chi connectivity index (χ3n) is 3.96. The van der Waals surface area contributed by atoms with Gasteiger partial charge in [0.15, 0.2) is 6.10 Å². The van der Waals surface area contributed by atoms with Crippen molar-refractivity contribution in [3.05, 3.63) is 54.1 Å². The van der Waals surface area contributed by atoms with Crippen LogP contribution in [-0.4, -0.2) is 38.1 Å². The summed E-state index contributed by atoms with van der Waals surface area (Å²) in [6.07, 6.45) is -0.798. The second-order valence-electron chi connectivity index (χ2n) is 5.71. The minimum Gasteiger partial charge on any atom is -0.477 e. The number of fused-ring (bicyclic) bond motifs is 1. The minimum absolute atomic E-state index is 0.129. The first kappa shape index (κ1) is 17.7. The van der Waals surface area contributed by atoms with Crippen molar-refractivity contribution in [2.75, 3.05) is 30.4 Å². The molecule has 0 spiro atoms. The minimum atomic E-state index is -0.857. The Hall–Kier alpha value is -3.16. The zero-order valence-electron chi connectivity index (χ0n) is 14.0. The highest BCUT2D eigenvalue weighted by Gasteiger charge is 2.31. The van der Waals surface area contributed by atoms with Crippen LogP contribution in [0, 0.1) is 11.6 Å². The van der Waals surface area contributed by atoms with E-state index in [0.717, 1.165) is 12.1 Å². The molecule has 0 bridgehead atoms. The van der Waals surface area contributed by atoms with Crippen LogP contribution < -0.4 is 20.3 Å². The number of para-hydroxylation sites is 3. The summed E-state index contributed by atoms with van der Waals surface area (Å²) in [7, 11) is 1.49. The fourth-order valence-corrected chi connectivity index (χ4v) is 2.72. The van der Waals surface area contributed by atoms with Gasteiger partial charge in [0.1, 0.15) is 23.1 Å². The Labute approximate surface area is 148 Å². The maximum absolute atomic E-state index is 13.7. The smallest absolute Gasteiger partial charge is 0.262 e. The number of hydrogen-bond donors (Lipinski definition) is 2. The third-order valence-corrected chi connectivity index (χ3v) is 3.96. The zero-order chi connectivity index (χ0) is 18.7. The summed E-state index contributed by atoms with van der Waals surface area (Å²) in [5, 5.41) is 4.75. The summed E-state index contributed by atoms with van der Waals surface area (Å²) in [6.45, 7) is -0.0640. The molecule has 8 heteroatoms. The molecule has 6 nitrogen and oxygen atoms in total. The van der Waals surface area contributed by atoms with E-state index >= 15 is 0 Å². The number of benzene rings is 2. The standard InChI is InChI=1S/C18H17F2N3O3/c1-21-18(25)15-9-23(13-7-2-3-8-14(13)26-15)10-16(24)22-17-11(19)5-4-6-12(17)20/h2-8,15H,9-10H2,1H3,(H,21,25)(H,22,24)/t15-/m0/s1. The number of ether oxygens (including phenoxy) is 1. The Bertz CT molecular complexity index is 824. The van der Waals surface area contributed by atoms with Crippen LogP contribution in [-0.2, 0) is 9.59 Å². The fourth-order valence-electron chi connectivity index (χ4n) is 2.72. The van der Waals surface area contributed by atoms with Crippen molar-refractivity contribution in [3.63, 3.8) is 0 Å². The third kappa shape index (κ3) is 3.58. The molecular weight excluding hydrogens is 344 g/mol. The van der Waals surface area contributed by atoms with E-state index in [1.807, 2.05) is 0 Å². The predicted molar refractivity (Wildman–Crippen MR) is 92.1 cm³/mol. The lowest BCUT2D eigenvalue weighted by molar-refractivity contribution is -0.127. The fraction of sp³-hybridized carbons (Fsp3) is 0.222.